The number of hydrogen-bond donors (Lipinski definition) is 0. The summed E-state index contributed by atoms with van der Waals surface area (Å²) in [5, 5.41) is 11.3. The fourth-order valence-corrected chi connectivity index (χ4v) is 4.37. The number of ether oxygens (including phenoxy) is 1. The van der Waals surface area contributed by atoms with E-state index in [9.17, 15) is 5.26 Å². The van der Waals surface area contributed by atoms with Crippen LogP contribution in [-0.2, 0) is 24.7 Å². The van der Waals surface area contributed by atoms with Crippen molar-refractivity contribution in [1.82, 2.24) is 9.97 Å². The lowest BCUT2D eigenvalue weighted by molar-refractivity contribution is 0.395. The number of likely N-dealkylation sites (N-methyl/N-ethyl adjacent to an activating group) is 1. The van der Waals surface area contributed by atoms with E-state index in [-0.39, 0.29) is 0 Å². The normalized spacial score (nSPS) is 12.7. The van der Waals surface area contributed by atoms with Crippen molar-refractivity contribution >= 4 is 16.7 Å². The Balaban J connectivity index is 1.56. The zero-order valence-electron chi connectivity index (χ0n) is 21.0. The van der Waals surface area contributed by atoms with Crippen molar-refractivity contribution in [3.8, 4) is 11.9 Å². The molecule has 0 amide bonds. The highest BCUT2D eigenvalue weighted by Crippen LogP contribution is 2.31. The second-order valence-corrected chi connectivity index (χ2v) is 9.18. The second kappa shape index (κ2) is 10.6. The minimum absolute atomic E-state index is 0.513. The third kappa shape index (κ3) is 5.44. The summed E-state index contributed by atoms with van der Waals surface area (Å²) >= 11 is 0. The van der Waals surface area contributed by atoms with E-state index in [2.05, 4.69) is 55.3 Å². The van der Waals surface area contributed by atoms with E-state index in [1.165, 1.54) is 5.56 Å². The van der Waals surface area contributed by atoms with Crippen molar-refractivity contribution in [3.63, 3.8) is 0 Å². The number of methoxy groups -OCH3 is 1. The Labute approximate surface area is 208 Å². The van der Waals surface area contributed by atoms with Crippen LogP contribution in [0.1, 0.15) is 36.2 Å². The van der Waals surface area contributed by atoms with E-state index in [1.54, 1.807) is 7.11 Å². The minimum Gasteiger partial charge on any atom is -0.481 e. The molecular formula is C30H32N4O. The Morgan fingerprint density at radius 1 is 1.00 bits per heavy atom. The predicted molar refractivity (Wildman–Crippen MR) is 142 cm³/mol. The quantitative estimate of drug-likeness (QED) is 0.308. The van der Waals surface area contributed by atoms with Crippen LogP contribution in [0.2, 0.25) is 0 Å². The Bertz CT molecular complexity index is 1350. The molecule has 0 saturated heterocycles. The summed E-state index contributed by atoms with van der Waals surface area (Å²) in [6, 6.07) is 27.3. The maximum Gasteiger partial charge on any atom is 0.216 e. The first-order chi connectivity index (χ1) is 17.0. The van der Waals surface area contributed by atoms with Crippen LogP contribution in [-0.4, -0.2) is 30.7 Å². The summed E-state index contributed by atoms with van der Waals surface area (Å²) in [6.45, 7) is 4.93. The summed E-state index contributed by atoms with van der Waals surface area (Å²) in [6.07, 6.45) is 2.32. The van der Waals surface area contributed by atoms with Gasteiger partial charge in [-0.1, -0.05) is 55.5 Å². The van der Waals surface area contributed by atoms with Crippen LogP contribution >= 0.6 is 0 Å². The van der Waals surface area contributed by atoms with Gasteiger partial charge in [-0.2, -0.15) is 5.26 Å². The van der Waals surface area contributed by atoms with Crippen molar-refractivity contribution in [1.29, 1.82) is 5.26 Å². The topological polar surface area (TPSA) is 62.0 Å². The molecule has 0 fully saturated rings. The highest BCUT2D eigenvalue weighted by Gasteiger charge is 2.28. The van der Waals surface area contributed by atoms with Gasteiger partial charge in [-0.05, 0) is 55.2 Å². The monoisotopic (exact) mass is 464 g/mol. The van der Waals surface area contributed by atoms with Gasteiger partial charge < -0.3 is 9.64 Å². The Morgan fingerprint density at radius 2 is 1.80 bits per heavy atom. The van der Waals surface area contributed by atoms with Crippen LogP contribution in [0.25, 0.3) is 10.9 Å². The molecule has 2 heterocycles. The maximum atomic E-state index is 10.2. The van der Waals surface area contributed by atoms with E-state index < -0.39 is 5.41 Å². The number of nitriles is 1. The number of benzene rings is 2. The number of rotatable bonds is 9. The molecule has 4 aromatic rings. The highest BCUT2D eigenvalue weighted by atomic mass is 16.5. The largest absolute Gasteiger partial charge is 0.481 e. The van der Waals surface area contributed by atoms with Crippen molar-refractivity contribution in [2.24, 2.45) is 0 Å². The highest BCUT2D eigenvalue weighted by molar-refractivity contribution is 5.81. The number of anilines is 1. The van der Waals surface area contributed by atoms with Crippen LogP contribution in [0.5, 0.6) is 5.88 Å². The van der Waals surface area contributed by atoms with Crippen LogP contribution in [0.3, 0.4) is 0 Å². The fraction of sp³-hybridized carbons (Fsp3) is 0.300. The molecule has 2 aromatic carbocycles. The summed E-state index contributed by atoms with van der Waals surface area (Å²) in [5.41, 5.74) is 4.30. The van der Waals surface area contributed by atoms with Gasteiger partial charge in [-0.15, -0.1) is 0 Å². The van der Waals surface area contributed by atoms with Crippen molar-refractivity contribution in [3.05, 3.63) is 95.2 Å². The molecule has 178 valence electrons. The molecule has 5 nitrogen and oxygen atoms in total. The van der Waals surface area contributed by atoms with Crippen LogP contribution in [0, 0.1) is 11.3 Å². The lowest BCUT2D eigenvalue weighted by Crippen LogP contribution is -2.25. The third-order valence-corrected chi connectivity index (χ3v) is 6.61. The average molecular weight is 465 g/mol. The first kappa shape index (κ1) is 24.2. The van der Waals surface area contributed by atoms with E-state index >= 15 is 0 Å². The van der Waals surface area contributed by atoms with Gasteiger partial charge in [0.05, 0.1) is 24.1 Å². The van der Waals surface area contributed by atoms with Crippen LogP contribution in [0.4, 0.5) is 5.82 Å². The van der Waals surface area contributed by atoms with Crippen molar-refractivity contribution < 1.29 is 4.74 Å². The molecule has 0 aliphatic carbocycles. The van der Waals surface area contributed by atoms with Crippen LogP contribution < -0.4 is 9.64 Å². The predicted octanol–water partition coefficient (Wildman–Crippen LogP) is 5.90. The zero-order valence-corrected chi connectivity index (χ0v) is 21.0. The Hall–Kier alpha value is -3.91. The average Bonchev–Trinajstić information content (AvgIpc) is 2.91. The van der Waals surface area contributed by atoms with Gasteiger partial charge in [0.2, 0.25) is 5.88 Å². The van der Waals surface area contributed by atoms with E-state index in [0.717, 1.165) is 52.9 Å². The minimum atomic E-state index is -0.735. The molecule has 0 saturated carbocycles. The van der Waals surface area contributed by atoms with Gasteiger partial charge in [0, 0.05) is 36.7 Å². The molecule has 0 aliphatic rings. The van der Waals surface area contributed by atoms with Crippen molar-refractivity contribution in [2.75, 3.05) is 25.6 Å². The van der Waals surface area contributed by atoms with Gasteiger partial charge in [0.15, 0.2) is 0 Å². The first-order valence-corrected chi connectivity index (χ1v) is 12.1. The van der Waals surface area contributed by atoms with Gasteiger partial charge >= 0.3 is 0 Å². The van der Waals surface area contributed by atoms with Gasteiger partial charge in [0.1, 0.15) is 5.82 Å². The second-order valence-electron chi connectivity index (χ2n) is 9.18. The molecule has 0 radical (unpaired) electrons. The number of fused-ring (bicyclic) bond motifs is 1. The molecule has 0 spiro atoms. The molecule has 4 rings (SSSR count). The number of nitrogens with zero attached hydrogens (tertiary/aromatic N) is 4. The molecular weight excluding hydrogens is 432 g/mol. The Morgan fingerprint density at radius 3 is 2.51 bits per heavy atom. The zero-order chi connectivity index (χ0) is 24.8. The SMILES string of the molecule is CCc1cc2ccc(C(C)(C#N)Cc3cccc(N(C)CCc4ccccc4)n3)cc2nc1OC. The standard InChI is InChI=1S/C30H32N4O/c1-5-23-18-24-14-15-25(19-27(24)33-29(23)35-4)30(2,21-31)20-26-12-9-13-28(32-26)34(3)17-16-22-10-7-6-8-11-22/h6-15,18-19H,5,16-17,20H2,1-4H3. The molecule has 0 aliphatic heterocycles. The van der Waals surface area contributed by atoms with Gasteiger partial charge in [-0.25, -0.2) is 9.97 Å². The van der Waals surface area contributed by atoms with Gasteiger partial charge in [0.25, 0.3) is 0 Å². The smallest absolute Gasteiger partial charge is 0.216 e. The number of pyridine rings is 2. The summed E-state index contributed by atoms with van der Waals surface area (Å²) in [7, 11) is 3.71. The molecule has 0 N–H and O–H groups in total. The first-order valence-electron chi connectivity index (χ1n) is 12.1. The molecule has 5 heteroatoms. The lowest BCUT2D eigenvalue weighted by Gasteiger charge is -2.24. The molecule has 35 heavy (non-hydrogen) atoms. The summed E-state index contributed by atoms with van der Waals surface area (Å²) in [4.78, 5) is 11.8. The molecule has 1 atom stereocenters. The summed E-state index contributed by atoms with van der Waals surface area (Å²) in [5.74, 6) is 1.56. The number of aryl methyl sites for hydroxylation is 1. The lowest BCUT2D eigenvalue weighted by atomic mass is 9.79. The number of hydrogen-bond acceptors (Lipinski definition) is 5. The fourth-order valence-electron chi connectivity index (χ4n) is 4.37. The van der Waals surface area contributed by atoms with E-state index in [4.69, 9.17) is 14.7 Å². The van der Waals surface area contributed by atoms with Crippen molar-refractivity contribution in [2.45, 2.75) is 38.5 Å². The van der Waals surface area contributed by atoms with Crippen LogP contribution in [0.15, 0.2) is 72.8 Å². The Kier molecular flexibility index (Phi) is 7.31. The maximum absolute atomic E-state index is 10.2. The third-order valence-electron chi connectivity index (χ3n) is 6.61. The number of aromatic nitrogens is 2. The molecule has 0 bridgehead atoms. The summed E-state index contributed by atoms with van der Waals surface area (Å²) < 4.78 is 5.48. The van der Waals surface area contributed by atoms with Gasteiger partial charge in [-0.3, -0.25) is 0 Å². The van der Waals surface area contributed by atoms with E-state index in [0.29, 0.717) is 12.3 Å². The van der Waals surface area contributed by atoms with E-state index in [1.807, 2.05) is 49.4 Å². The molecule has 1 unspecified atom stereocenters. The molecule has 2 aromatic heterocycles.